The molecule has 0 spiro atoms. The van der Waals surface area contributed by atoms with Crippen LogP contribution in [0.4, 0.5) is 0 Å². The van der Waals surface area contributed by atoms with Gasteiger partial charge in [0, 0.05) is 12.6 Å². The van der Waals surface area contributed by atoms with Gasteiger partial charge in [0.25, 0.3) is 0 Å². The normalized spacial score (nSPS) is 19.3. The largest absolute Gasteiger partial charge is 0.481 e. The maximum Gasteiger partial charge on any atom is 0.304 e. The van der Waals surface area contributed by atoms with Gasteiger partial charge in [0.15, 0.2) is 0 Å². The summed E-state index contributed by atoms with van der Waals surface area (Å²) >= 11 is 0. The molecule has 1 fully saturated rings. The number of hydrogen-bond acceptors (Lipinski definition) is 4. The first-order valence-corrected chi connectivity index (χ1v) is 8.23. The molecule has 1 atom stereocenters. The average molecular weight is 308 g/mol. The van der Waals surface area contributed by atoms with Gasteiger partial charge in [0.05, 0.1) is 23.8 Å². The molecule has 0 amide bonds. The molecule has 2 rings (SSSR count). The average Bonchev–Trinajstić information content (AvgIpc) is 2.87. The number of carbonyl (C=O) groups is 1. The summed E-state index contributed by atoms with van der Waals surface area (Å²) in [6, 6.07) is 7.89. The summed E-state index contributed by atoms with van der Waals surface area (Å²) < 4.78 is 26.1. The van der Waals surface area contributed by atoms with E-state index in [0.29, 0.717) is 30.5 Å². The Balaban J connectivity index is 2.13. The number of sulfonamides is 1. The highest BCUT2D eigenvalue weighted by Gasteiger charge is 2.35. The molecule has 0 radical (unpaired) electrons. The van der Waals surface area contributed by atoms with Crippen LogP contribution in [0.15, 0.2) is 24.3 Å². The molecule has 7 heteroatoms. The SMILES string of the molecule is N#Cc1ccc(CS(=O)(=O)N2CCCC2CC(=O)O)cc1. The predicted octanol–water partition coefficient (Wildman–Crippen LogP) is 1.33. The summed E-state index contributed by atoms with van der Waals surface area (Å²) in [5, 5.41) is 17.6. The van der Waals surface area contributed by atoms with E-state index in [1.54, 1.807) is 24.3 Å². The van der Waals surface area contributed by atoms with Gasteiger partial charge in [0.2, 0.25) is 10.0 Å². The fourth-order valence-electron chi connectivity index (χ4n) is 2.55. The second-order valence-corrected chi connectivity index (χ2v) is 6.99. The molecule has 1 aromatic rings. The molecular weight excluding hydrogens is 292 g/mol. The van der Waals surface area contributed by atoms with Crippen LogP contribution in [0.2, 0.25) is 0 Å². The van der Waals surface area contributed by atoms with Crippen molar-refractivity contribution in [2.45, 2.75) is 31.1 Å². The zero-order valence-corrected chi connectivity index (χ0v) is 12.2. The third kappa shape index (κ3) is 3.80. The van der Waals surface area contributed by atoms with E-state index < -0.39 is 22.0 Å². The van der Waals surface area contributed by atoms with Gasteiger partial charge in [-0.1, -0.05) is 12.1 Å². The van der Waals surface area contributed by atoms with Crippen molar-refractivity contribution < 1.29 is 18.3 Å². The van der Waals surface area contributed by atoms with E-state index in [9.17, 15) is 13.2 Å². The molecule has 1 heterocycles. The monoisotopic (exact) mass is 308 g/mol. The van der Waals surface area contributed by atoms with E-state index in [0.717, 1.165) is 0 Å². The zero-order valence-electron chi connectivity index (χ0n) is 11.4. The fourth-order valence-corrected chi connectivity index (χ4v) is 4.37. The number of carboxylic acids is 1. The van der Waals surface area contributed by atoms with E-state index >= 15 is 0 Å². The van der Waals surface area contributed by atoms with Crippen molar-refractivity contribution >= 4 is 16.0 Å². The molecule has 21 heavy (non-hydrogen) atoms. The molecule has 6 nitrogen and oxygen atoms in total. The highest BCUT2D eigenvalue weighted by molar-refractivity contribution is 7.88. The number of hydrogen-bond donors (Lipinski definition) is 1. The Bertz CT molecular complexity index is 661. The van der Waals surface area contributed by atoms with Gasteiger partial charge < -0.3 is 5.11 Å². The number of rotatable bonds is 5. The third-order valence-corrected chi connectivity index (χ3v) is 5.42. The maximum absolute atomic E-state index is 12.4. The number of nitrogens with zero attached hydrogens (tertiary/aromatic N) is 2. The van der Waals surface area contributed by atoms with Crippen LogP contribution >= 0.6 is 0 Å². The standard InChI is InChI=1S/C14H16N2O4S/c15-9-11-3-5-12(6-4-11)10-21(19,20)16-7-1-2-13(16)8-14(17)18/h3-6,13H,1-2,7-8,10H2,(H,17,18). The van der Waals surface area contributed by atoms with Gasteiger partial charge in [-0.15, -0.1) is 0 Å². The van der Waals surface area contributed by atoms with Gasteiger partial charge in [-0.2, -0.15) is 9.57 Å². The minimum atomic E-state index is -3.54. The lowest BCUT2D eigenvalue weighted by molar-refractivity contribution is -0.137. The Morgan fingerprint density at radius 1 is 1.38 bits per heavy atom. The first-order chi connectivity index (χ1) is 9.92. The molecule has 1 aliphatic heterocycles. The van der Waals surface area contributed by atoms with Crippen LogP contribution in [0.3, 0.4) is 0 Å². The highest BCUT2D eigenvalue weighted by Crippen LogP contribution is 2.25. The second kappa shape index (κ2) is 6.24. The van der Waals surface area contributed by atoms with Crippen LogP contribution in [0.25, 0.3) is 0 Å². The van der Waals surface area contributed by atoms with Gasteiger partial charge in [-0.3, -0.25) is 4.79 Å². The molecule has 1 N–H and O–H groups in total. The van der Waals surface area contributed by atoms with Crippen molar-refractivity contribution in [1.82, 2.24) is 4.31 Å². The topological polar surface area (TPSA) is 98.5 Å². The van der Waals surface area contributed by atoms with Crippen LogP contribution in [0.1, 0.15) is 30.4 Å². The van der Waals surface area contributed by atoms with Crippen LogP contribution in [0, 0.1) is 11.3 Å². The first kappa shape index (κ1) is 15.5. The summed E-state index contributed by atoms with van der Waals surface area (Å²) in [5.74, 6) is -1.16. The van der Waals surface area contributed by atoms with E-state index in [1.165, 1.54) is 4.31 Å². The van der Waals surface area contributed by atoms with E-state index in [2.05, 4.69) is 0 Å². The van der Waals surface area contributed by atoms with Crippen molar-refractivity contribution in [1.29, 1.82) is 5.26 Å². The summed E-state index contributed by atoms with van der Waals surface area (Å²) in [7, 11) is -3.54. The molecule has 112 valence electrons. The minimum absolute atomic E-state index is 0.160. The van der Waals surface area contributed by atoms with Crippen molar-refractivity contribution in [3.8, 4) is 6.07 Å². The minimum Gasteiger partial charge on any atom is -0.481 e. The van der Waals surface area contributed by atoms with Gasteiger partial charge in [-0.05, 0) is 30.5 Å². The molecule has 1 aromatic carbocycles. The molecule has 0 saturated carbocycles. The van der Waals surface area contributed by atoms with Crippen LogP contribution in [0.5, 0.6) is 0 Å². The third-order valence-electron chi connectivity index (χ3n) is 3.52. The summed E-state index contributed by atoms with van der Waals surface area (Å²) in [6.45, 7) is 0.372. The quantitative estimate of drug-likeness (QED) is 0.884. The van der Waals surface area contributed by atoms with Crippen LogP contribution in [-0.4, -0.2) is 36.4 Å². The Hall–Kier alpha value is -1.91. The molecule has 0 bridgehead atoms. The molecule has 1 unspecified atom stereocenters. The van der Waals surface area contributed by atoms with Crippen molar-refractivity contribution in [2.24, 2.45) is 0 Å². The molecule has 0 aromatic heterocycles. The number of carboxylic acid groups (broad SMARTS) is 1. The Labute approximate surface area is 123 Å². The zero-order chi connectivity index (χ0) is 15.5. The molecule has 0 aliphatic carbocycles. The van der Waals surface area contributed by atoms with Crippen LogP contribution in [-0.2, 0) is 20.6 Å². The smallest absolute Gasteiger partial charge is 0.304 e. The lowest BCUT2D eigenvalue weighted by Crippen LogP contribution is -2.37. The van der Waals surface area contributed by atoms with Gasteiger partial charge in [0.1, 0.15) is 0 Å². The first-order valence-electron chi connectivity index (χ1n) is 6.63. The molecule has 1 saturated heterocycles. The second-order valence-electron chi connectivity index (χ2n) is 5.07. The lowest BCUT2D eigenvalue weighted by atomic mass is 10.2. The number of nitriles is 1. The fraction of sp³-hybridized carbons (Fsp3) is 0.429. The van der Waals surface area contributed by atoms with Crippen LogP contribution < -0.4 is 0 Å². The molecular formula is C14H16N2O4S. The summed E-state index contributed by atoms with van der Waals surface area (Å²) in [4.78, 5) is 10.8. The van der Waals surface area contributed by atoms with Gasteiger partial charge >= 0.3 is 5.97 Å². The summed E-state index contributed by atoms with van der Waals surface area (Å²) in [6.07, 6.45) is 1.11. The van der Waals surface area contributed by atoms with E-state index in [-0.39, 0.29) is 12.2 Å². The van der Waals surface area contributed by atoms with E-state index in [1.807, 2.05) is 6.07 Å². The van der Waals surface area contributed by atoms with E-state index in [4.69, 9.17) is 10.4 Å². The summed E-state index contributed by atoms with van der Waals surface area (Å²) in [5.41, 5.74) is 1.07. The number of benzene rings is 1. The Morgan fingerprint density at radius 3 is 2.62 bits per heavy atom. The lowest BCUT2D eigenvalue weighted by Gasteiger charge is -2.22. The number of aliphatic carboxylic acids is 1. The Kier molecular flexibility index (Phi) is 4.60. The molecule has 1 aliphatic rings. The maximum atomic E-state index is 12.4. The van der Waals surface area contributed by atoms with Crippen molar-refractivity contribution in [2.75, 3.05) is 6.54 Å². The highest BCUT2D eigenvalue weighted by atomic mass is 32.2. The Morgan fingerprint density at radius 2 is 2.05 bits per heavy atom. The predicted molar refractivity (Wildman–Crippen MR) is 75.8 cm³/mol. The van der Waals surface area contributed by atoms with Gasteiger partial charge in [-0.25, -0.2) is 8.42 Å². The van der Waals surface area contributed by atoms with Crippen molar-refractivity contribution in [3.05, 3.63) is 35.4 Å². The van der Waals surface area contributed by atoms with Crippen molar-refractivity contribution in [3.63, 3.8) is 0 Å².